The molecule has 1 aliphatic heterocycles. The van der Waals surface area contributed by atoms with E-state index < -0.39 is 0 Å². The molecule has 0 spiro atoms. The minimum atomic E-state index is -0.353. The van der Waals surface area contributed by atoms with E-state index in [9.17, 15) is 9.59 Å². The van der Waals surface area contributed by atoms with Crippen LogP contribution in [-0.4, -0.2) is 30.6 Å². The molecule has 4 bridgehead atoms. The summed E-state index contributed by atoms with van der Waals surface area (Å²) >= 11 is 0. The normalized spacial score (nSPS) is 35.1. The van der Waals surface area contributed by atoms with Crippen LogP contribution in [0.1, 0.15) is 64.0 Å². The van der Waals surface area contributed by atoms with Crippen molar-refractivity contribution in [3.63, 3.8) is 0 Å². The van der Waals surface area contributed by atoms with Gasteiger partial charge in [0.05, 0.1) is 11.5 Å². The molecule has 0 radical (unpaired) electrons. The van der Waals surface area contributed by atoms with Crippen LogP contribution in [0.2, 0.25) is 0 Å². The minimum absolute atomic E-state index is 0.0205. The minimum Gasteiger partial charge on any atom is -0.486 e. The number of ether oxygens (including phenoxy) is 2. The molecule has 1 heterocycles. The predicted octanol–water partition coefficient (Wildman–Crippen LogP) is 3.11. The van der Waals surface area contributed by atoms with Gasteiger partial charge in [0.2, 0.25) is 11.8 Å². The summed E-state index contributed by atoms with van der Waals surface area (Å²) in [5, 5.41) is 6.52. The van der Waals surface area contributed by atoms with E-state index in [0.29, 0.717) is 25.0 Å². The Bertz CT molecular complexity index is 837. The maximum absolute atomic E-state index is 13.5. The van der Waals surface area contributed by atoms with Crippen LogP contribution >= 0.6 is 0 Å². The van der Waals surface area contributed by atoms with Gasteiger partial charge in [-0.15, -0.1) is 0 Å². The third-order valence-electron chi connectivity index (χ3n) is 7.40. The summed E-state index contributed by atoms with van der Waals surface area (Å²) in [5.41, 5.74) is 0.478. The summed E-state index contributed by atoms with van der Waals surface area (Å²) in [6.45, 7) is 4.73. The molecule has 0 unspecified atom stereocenters. The second kappa shape index (κ2) is 6.64. The lowest BCUT2D eigenvalue weighted by Gasteiger charge is -2.61. The van der Waals surface area contributed by atoms with Gasteiger partial charge in [-0.3, -0.25) is 9.59 Å². The fourth-order valence-corrected chi connectivity index (χ4v) is 6.81. The van der Waals surface area contributed by atoms with Crippen LogP contribution < -0.4 is 20.1 Å². The van der Waals surface area contributed by atoms with E-state index in [2.05, 4.69) is 10.6 Å². The van der Waals surface area contributed by atoms with E-state index in [4.69, 9.17) is 9.47 Å². The molecule has 6 heteroatoms. The lowest BCUT2D eigenvalue weighted by molar-refractivity contribution is -0.153. The maximum atomic E-state index is 13.5. The van der Waals surface area contributed by atoms with E-state index >= 15 is 0 Å². The van der Waals surface area contributed by atoms with Crippen molar-refractivity contribution in [1.29, 1.82) is 0 Å². The average molecular weight is 399 g/mol. The molecule has 6 nitrogen and oxygen atoms in total. The van der Waals surface area contributed by atoms with E-state index in [-0.39, 0.29) is 28.8 Å². The molecule has 0 saturated heterocycles. The maximum Gasteiger partial charge on any atom is 0.226 e. The van der Waals surface area contributed by atoms with Gasteiger partial charge in [-0.2, -0.15) is 0 Å². The number of carbonyl (C=O) groups excluding carboxylic acids is 2. The SMILES string of the molecule is CC(=O)NC12C[C@H]3C[C@H](C1)CC(C(=O)N[C@H](C)c1ccc4c(c1)OCCO4)(C3)C2. The fourth-order valence-electron chi connectivity index (χ4n) is 6.81. The molecule has 3 atom stereocenters. The molecule has 2 amide bonds. The van der Waals surface area contributed by atoms with Crippen molar-refractivity contribution in [2.24, 2.45) is 17.3 Å². The van der Waals surface area contributed by atoms with Crippen LogP contribution in [0.15, 0.2) is 18.2 Å². The van der Waals surface area contributed by atoms with Gasteiger partial charge in [-0.25, -0.2) is 0 Å². The molecule has 1 aromatic carbocycles. The van der Waals surface area contributed by atoms with E-state index in [1.54, 1.807) is 6.92 Å². The Morgan fingerprint density at radius 2 is 1.76 bits per heavy atom. The molecule has 6 rings (SSSR count). The second-order valence-electron chi connectivity index (χ2n) is 9.80. The summed E-state index contributed by atoms with van der Waals surface area (Å²) in [6, 6.07) is 5.78. The molecule has 4 fully saturated rings. The molecule has 156 valence electrons. The van der Waals surface area contributed by atoms with Crippen LogP contribution in [-0.2, 0) is 9.59 Å². The number of amides is 2. The number of carbonyl (C=O) groups is 2. The smallest absolute Gasteiger partial charge is 0.226 e. The summed E-state index contributed by atoms with van der Waals surface area (Å²) in [5.74, 6) is 2.75. The standard InChI is InChI=1S/C23H30N2O4/c1-14(18-3-4-19-20(8-18)29-6-5-28-19)24-21(27)22-9-16-7-17(10-22)12-23(11-16,13-22)25-15(2)26/h3-4,8,14,16-17H,5-7,9-13H2,1-2H3,(H,24,27)(H,25,26)/t14-,16+,17+,22?,23?/m1/s1. The number of rotatable bonds is 4. The third-order valence-corrected chi connectivity index (χ3v) is 7.40. The first-order chi connectivity index (χ1) is 13.9. The largest absolute Gasteiger partial charge is 0.486 e. The first-order valence-electron chi connectivity index (χ1n) is 10.9. The monoisotopic (exact) mass is 398 g/mol. The molecule has 1 aromatic rings. The van der Waals surface area contributed by atoms with E-state index in [0.717, 1.165) is 49.2 Å². The van der Waals surface area contributed by atoms with Crippen molar-refractivity contribution in [3.05, 3.63) is 23.8 Å². The Labute approximate surface area is 171 Å². The lowest BCUT2D eigenvalue weighted by atomic mass is 9.46. The third kappa shape index (κ3) is 3.26. The van der Waals surface area contributed by atoms with Gasteiger partial charge < -0.3 is 20.1 Å². The average Bonchev–Trinajstić information content (AvgIpc) is 2.65. The quantitative estimate of drug-likeness (QED) is 0.817. The van der Waals surface area contributed by atoms with Gasteiger partial charge in [-0.05, 0) is 75.0 Å². The van der Waals surface area contributed by atoms with Crippen molar-refractivity contribution in [1.82, 2.24) is 10.6 Å². The zero-order valence-electron chi connectivity index (χ0n) is 17.3. The van der Waals surface area contributed by atoms with Gasteiger partial charge in [0.15, 0.2) is 11.5 Å². The van der Waals surface area contributed by atoms with Gasteiger partial charge in [0, 0.05) is 12.5 Å². The summed E-state index contributed by atoms with van der Waals surface area (Å²) < 4.78 is 11.3. The van der Waals surface area contributed by atoms with Gasteiger partial charge >= 0.3 is 0 Å². The van der Waals surface area contributed by atoms with Crippen molar-refractivity contribution in [2.75, 3.05) is 13.2 Å². The van der Waals surface area contributed by atoms with Crippen molar-refractivity contribution in [3.8, 4) is 11.5 Å². The van der Waals surface area contributed by atoms with Crippen LogP contribution in [0, 0.1) is 17.3 Å². The highest BCUT2D eigenvalue weighted by Crippen LogP contribution is 2.61. The highest BCUT2D eigenvalue weighted by atomic mass is 16.6. The first kappa shape index (κ1) is 18.8. The highest BCUT2D eigenvalue weighted by Gasteiger charge is 2.60. The molecule has 4 aliphatic carbocycles. The van der Waals surface area contributed by atoms with Crippen LogP contribution in [0.4, 0.5) is 0 Å². The Balaban J connectivity index is 1.34. The number of fused-ring (bicyclic) bond motifs is 1. The second-order valence-corrected chi connectivity index (χ2v) is 9.80. The van der Waals surface area contributed by atoms with Crippen LogP contribution in [0.3, 0.4) is 0 Å². The van der Waals surface area contributed by atoms with Crippen LogP contribution in [0.5, 0.6) is 11.5 Å². The van der Waals surface area contributed by atoms with E-state index in [1.165, 1.54) is 6.42 Å². The molecule has 29 heavy (non-hydrogen) atoms. The number of nitrogens with one attached hydrogen (secondary N) is 2. The zero-order chi connectivity index (χ0) is 20.2. The Hall–Kier alpha value is -2.24. The first-order valence-corrected chi connectivity index (χ1v) is 10.9. The fraction of sp³-hybridized carbons (Fsp3) is 0.652. The number of hydrogen-bond donors (Lipinski definition) is 2. The lowest BCUT2D eigenvalue weighted by Crippen LogP contribution is -2.65. The number of hydrogen-bond acceptors (Lipinski definition) is 4. The summed E-state index contributed by atoms with van der Waals surface area (Å²) in [6.07, 6.45) is 5.92. The van der Waals surface area contributed by atoms with Gasteiger partial charge in [-0.1, -0.05) is 6.07 Å². The summed E-state index contributed by atoms with van der Waals surface area (Å²) in [4.78, 5) is 25.4. The topological polar surface area (TPSA) is 76.7 Å². The molecule has 5 aliphatic rings. The van der Waals surface area contributed by atoms with Gasteiger partial charge in [0.1, 0.15) is 13.2 Å². The molecule has 0 aromatic heterocycles. The Morgan fingerprint density at radius 3 is 2.45 bits per heavy atom. The molecular weight excluding hydrogens is 368 g/mol. The van der Waals surface area contributed by atoms with Crippen molar-refractivity contribution < 1.29 is 19.1 Å². The van der Waals surface area contributed by atoms with Crippen molar-refractivity contribution in [2.45, 2.75) is 64.0 Å². The summed E-state index contributed by atoms with van der Waals surface area (Å²) in [7, 11) is 0. The molecular formula is C23H30N2O4. The van der Waals surface area contributed by atoms with Crippen LogP contribution in [0.25, 0.3) is 0 Å². The zero-order valence-corrected chi connectivity index (χ0v) is 17.3. The Kier molecular flexibility index (Phi) is 4.30. The molecule has 4 saturated carbocycles. The predicted molar refractivity (Wildman–Crippen MR) is 108 cm³/mol. The number of benzene rings is 1. The Morgan fingerprint density at radius 1 is 1.07 bits per heavy atom. The van der Waals surface area contributed by atoms with Gasteiger partial charge in [0.25, 0.3) is 0 Å². The van der Waals surface area contributed by atoms with E-state index in [1.807, 2.05) is 25.1 Å². The van der Waals surface area contributed by atoms with Crippen molar-refractivity contribution >= 4 is 11.8 Å². The molecule has 2 N–H and O–H groups in total. The highest BCUT2D eigenvalue weighted by molar-refractivity contribution is 5.84.